The van der Waals surface area contributed by atoms with Crippen LogP contribution in [0.2, 0.25) is 19.6 Å². The predicted molar refractivity (Wildman–Crippen MR) is 147 cm³/mol. The number of aromatic hydroxyl groups is 1. The number of aromatic amines is 1. The molecule has 0 saturated heterocycles. The van der Waals surface area contributed by atoms with Crippen LogP contribution < -0.4 is 5.32 Å². The van der Waals surface area contributed by atoms with E-state index in [0.717, 1.165) is 39.6 Å². The summed E-state index contributed by atoms with van der Waals surface area (Å²) >= 11 is 2.52. The first-order chi connectivity index (χ1) is 15.7. The molecule has 0 saturated carbocycles. The first kappa shape index (κ1) is 24.9. The molecular formula is C25H29IN4O2Si. The van der Waals surface area contributed by atoms with Crippen molar-refractivity contribution in [3.63, 3.8) is 0 Å². The van der Waals surface area contributed by atoms with Gasteiger partial charge >= 0.3 is 0 Å². The molecule has 8 heteroatoms. The van der Waals surface area contributed by atoms with Gasteiger partial charge in [0.1, 0.15) is 11.3 Å². The van der Waals surface area contributed by atoms with Crippen molar-refractivity contribution in [2.75, 3.05) is 5.32 Å². The van der Waals surface area contributed by atoms with Crippen molar-refractivity contribution in [3.05, 3.63) is 60.9 Å². The fraction of sp³-hybridized carbons (Fsp3) is 0.240. The van der Waals surface area contributed by atoms with Gasteiger partial charge in [-0.25, -0.2) is 0 Å². The number of carbonyl (C=O) groups is 1. The van der Waals surface area contributed by atoms with Gasteiger partial charge in [0.15, 0.2) is 5.82 Å². The predicted octanol–water partition coefficient (Wildman–Crippen LogP) is 6.99. The smallest absolute Gasteiger partial charge is 0.225 e. The molecule has 0 aliphatic carbocycles. The van der Waals surface area contributed by atoms with Crippen LogP contribution in [0.1, 0.15) is 19.8 Å². The van der Waals surface area contributed by atoms with Gasteiger partial charge in [-0.2, -0.15) is 5.10 Å². The highest BCUT2D eigenvalue weighted by Crippen LogP contribution is 2.37. The number of carbonyl (C=O) groups excluding carboxylic acids is 1. The Morgan fingerprint density at radius 2 is 1.76 bits per heavy atom. The quantitative estimate of drug-likeness (QED) is 0.137. The van der Waals surface area contributed by atoms with Crippen molar-refractivity contribution < 1.29 is 9.90 Å². The molecule has 3 N–H and O–H groups in total. The summed E-state index contributed by atoms with van der Waals surface area (Å²) < 4.78 is 0. The zero-order valence-corrected chi connectivity index (χ0v) is 22.5. The maximum absolute atomic E-state index is 12.0. The third kappa shape index (κ3) is 7.13. The van der Waals surface area contributed by atoms with Crippen LogP contribution >= 0.6 is 21.8 Å². The zero-order valence-electron chi connectivity index (χ0n) is 19.3. The Labute approximate surface area is 208 Å². The minimum absolute atomic E-state index is 0.0542. The van der Waals surface area contributed by atoms with Crippen molar-refractivity contribution in [2.45, 2.75) is 39.4 Å². The number of fused-ring (bicyclic) bond motifs is 1. The summed E-state index contributed by atoms with van der Waals surface area (Å²) in [7, 11) is 0. The number of amides is 1. The number of nitrogens with zero attached hydrogens (tertiary/aromatic N) is 2. The molecule has 0 radical (unpaired) electrons. The normalized spacial score (nSPS) is 11.1. The van der Waals surface area contributed by atoms with Crippen molar-refractivity contribution in [3.8, 4) is 28.0 Å². The molecule has 0 atom stereocenters. The second-order valence-corrected chi connectivity index (χ2v) is 22.5. The number of phenols is 1. The topological polar surface area (TPSA) is 90.9 Å². The third-order valence-corrected chi connectivity index (χ3v) is 4.59. The Bertz CT molecular complexity index is 1210. The summed E-state index contributed by atoms with van der Waals surface area (Å²) in [4.78, 5) is 16.3. The van der Waals surface area contributed by atoms with Crippen LogP contribution in [0.4, 0.5) is 5.82 Å². The summed E-state index contributed by atoms with van der Waals surface area (Å²) in [6.07, 6.45) is 4.77. The summed E-state index contributed by atoms with van der Waals surface area (Å²) in [6, 6.07) is 15.0. The van der Waals surface area contributed by atoms with Gasteiger partial charge in [0, 0.05) is 29.8 Å². The molecule has 0 aliphatic rings. The Morgan fingerprint density at radius 3 is 2.36 bits per heavy atom. The van der Waals surface area contributed by atoms with Crippen LogP contribution in [0.25, 0.3) is 33.2 Å². The van der Waals surface area contributed by atoms with Gasteiger partial charge in [-0.05, 0) is 53.4 Å². The molecule has 4 rings (SSSR count). The average Bonchev–Trinajstić information content (AvgIpc) is 3.15. The number of phenolic OH excluding ortho intramolecular Hbond substituents is 1. The summed E-state index contributed by atoms with van der Waals surface area (Å²) in [5.74, 6) is 0.688. The fourth-order valence-corrected chi connectivity index (χ4v) is 3.22. The summed E-state index contributed by atoms with van der Waals surface area (Å²) in [5, 5.41) is 20.6. The van der Waals surface area contributed by atoms with Crippen molar-refractivity contribution >= 4 is 50.0 Å². The van der Waals surface area contributed by atoms with E-state index in [9.17, 15) is 9.90 Å². The maximum Gasteiger partial charge on any atom is 0.225 e. The molecule has 4 aromatic rings. The summed E-state index contributed by atoms with van der Waals surface area (Å²) in [6.45, 7) is 8.90. The second-order valence-electron chi connectivity index (χ2n) is 8.67. The van der Waals surface area contributed by atoms with E-state index in [1.54, 1.807) is 24.5 Å². The van der Waals surface area contributed by atoms with E-state index >= 15 is 0 Å². The number of benzene rings is 2. The second kappa shape index (κ2) is 10.9. The first-order valence-electron chi connectivity index (χ1n) is 10.9. The van der Waals surface area contributed by atoms with Crippen LogP contribution in [-0.4, -0.2) is 31.8 Å². The molecule has 172 valence electrons. The lowest BCUT2D eigenvalue weighted by Gasteiger charge is -2.11. The van der Waals surface area contributed by atoms with E-state index in [1.165, 1.54) is 0 Å². The lowest BCUT2D eigenvalue weighted by Crippen LogP contribution is -2.11. The number of pyridine rings is 1. The van der Waals surface area contributed by atoms with E-state index in [4.69, 9.17) is 0 Å². The molecule has 0 bridgehead atoms. The van der Waals surface area contributed by atoms with Crippen molar-refractivity contribution in [1.82, 2.24) is 15.2 Å². The van der Waals surface area contributed by atoms with Gasteiger partial charge in [-0.1, -0.05) is 44.8 Å². The molecule has 33 heavy (non-hydrogen) atoms. The van der Waals surface area contributed by atoms with Gasteiger partial charge in [0.2, 0.25) is 5.91 Å². The molecule has 0 unspecified atom stereocenters. The Kier molecular flexibility index (Phi) is 8.25. The van der Waals surface area contributed by atoms with E-state index in [0.29, 0.717) is 12.2 Å². The number of rotatable bonds is 5. The van der Waals surface area contributed by atoms with Crippen LogP contribution in [0.15, 0.2) is 60.9 Å². The monoisotopic (exact) mass is 572 g/mol. The van der Waals surface area contributed by atoms with Gasteiger partial charge in [0.05, 0.1) is 5.52 Å². The molecule has 2 aromatic carbocycles. The number of hydrogen-bond donors (Lipinski definition) is 3. The number of H-pyrrole nitrogens is 1. The number of anilines is 1. The van der Waals surface area contributed by atoms with E-state index < -0.39 is 5.57 Å². The van der Waals surface area contributed by atoms with Gasteiger partial charge in [-0.3, -0.25) is 14.9 Å². The average molecular weight is 573 g/mol. The van der Waals surface area contributed by atoms with Crippen LogP contribution in [0.5, 0.6) is 5.75 Å². The van der Waals surface area contributed by atoms with Crippen LogP contribution in [-0.2, 0) is 4.79 Å². The van der Waals surface area contributed by atoms with Crippen molar-refractivity contribution in [1.29, 1.82) is 0 Å². The van der Waals surface area contributed by atoms with Crippen LogP contribution in [0, 0.1) is 0 Å². The minimum atomic E-state index is -0.641. The minimum Gasteiger partial charge on any atom is -0.508 e. The third-order valence-electron chi connectivity index (χ3n) is 4.59. The Hall–Kier alpha value is -2.72. The standard InChI is InChI=1S/C22H20N4O2.C3H9ISi/c1-2-4-21(28)24-22-19-11-17(15-5-3-10-23-13-15)18(12-20(19)25-26-22)14-6-8-16(27)9-7-14;1-5(2,3)4/h3,5-13,27H,2,4H2,1H3,(H2,24,25,26,28);1-3H3. The molecule has 0 aliphatic heterocycles. The first-order valence-corrected chi connectivity index (χ1v) is 17.5. The molecule has 2 aromatic heterocycles. The number of hydrogen-bond acceptors (Lipinski definition) is 4. The lowest BCUT2D eigenvalue weighted by molar-refractivity contribution is -0.116. The molecule has 1 amide bonds. The Balaban J connectivity index is 0.000000555. The largest absolute Gasteiger partial charge is 0.508 e. The highest BCUT2D eigenvalue weighted by Gasteiger charge is 2.15. The molecule has 0 fully saturated rings. The van der Waals surface area contributed by atoms with Gasteiger partial charge in [-0.15, -0.1) is 21.8 Å². The van der Waals surface area contributed by atoms with Gasteiger partial charge in [0.25, 0.3) is 0 Å². The number of aromatic nitrogens is 3. The van der Waals surface area contributed by atoms with Crippen molar-refractivity contribution in [2.24, 2.45) is 0 Å². The van der Waals surface area contributed by atoms with E-state index in [-0.39, 0.29) is 11.7 Å². The number of nitrogens with one attached hydrogen (secondary N) is 2. The molecule has 0 spiro atoms. The van der Waals surface area contributed by atoms with E-state index in [2.05, 4.69) is 61.9 Å². The number of halogens is 1. The molecule has 2 heterocycles. The molecular weight excluding hydrogens is 543 g/mol. The fourth-order valence-electron chi connectivity index (χ4n) is 3.22. The van der Waals surface area contributed by atoms with Crippen LogP contribution in [0.3, 0.4) is 0 Å². The SMILES string of the molecule is CCCC(=O)Nc1n[nH]c2cc(-c3ccc(O)cc3)c(-c3cccnc3)cc12.C[Si](C)(C)I. The van der Waals surface area contributed by atoms with E-state index in [1.807, 2.05) is 43.3 Å². The maximum atomic E-state index is 12.0. The Morgan fingerprint density at radius 1 is 1.09 bits per heavy atom. The highest BCUT2D eigenvalue weighted by molar-refractivity contribution is 14.1. The molecule has 6 nitrogen and oxygen atoms in total. The summed E-state index contributed by atoms with van der Waals surface area (Å²) in [5.41, 5.74) is 4.05. The lowest BCUT2D eigenvalue weighted by atomic mass is 9.94. The van der Waals surface area contributed by atoms with Gasteiger partial charge < -0.3 is 10.4 Å². The highest BCUT2D eigenvalue weighted by atomic mass is 127. The zero-order chi connectivity index (χ0) is 24.0.